The Labute approximate surface area is 83.3 Å². The Kier molecular flexibility index (Phi) is 2.31. The van der Waals surface area contributed by atoms with Crippen LogP contribution in [0.5, 0.6) is 0 Å². The van der Waals surface area contributed by atoms with Crippen LogP contribution >= 0.6 is 0 Å². The van der Waals surface area contributed by atoms with E-state index < -0.39 is 0 Å². The lowest BCUT2D eigenvalue weighted by molar-refractivity contribution is 0.457. The summed E-state index contributed by atoms with van der Waals surface area (Å²) in [6.45, 7) is 5.41. The lowest BCUT2D eigenvalue weighted by Gasteiger charge is -2.25. The molecule has 14 heavy (non-hydrogen) atoms. The summed E-state index contributed by atoms with van der Waals surface area (Å²) in [4.78, 5) is 2.16. The van der Waals surface area contributed by atoms with E-state index in [1.54, 1.807) is 0 Å². The number of nitrogens with zero attached hydrogens (tertiary/aromatic N) is 3. The van der Waals surface area contributed by atoms with Crippen molar-refractivity contribution in [1.29, 1.82) is 0 Å². The largest absolute Gasteiger partial charge is 0.390 e. The first kappa shape index (κ1) is 9.30. The Bertz CT molecular complexity index is 310. The Balaban J connectivity index is 2.17. The van der Waals surface area contributed by atoms with Crippen LogP contribution in [0.4, 0.5) is 12.0 Å². The second-order valence-corrected chi connectivity index (χ2v) is 4.07. The summed E-state index contributed by atoms with van der Waals surface area (Å²) in [5.74, 6) is 0.602. The van der Waals surface area contributed by atoms with Crippen molar-refractivity contribution in [2.45, 2.75) is 32.7 Å². The number of nitrogen functional groups attached to an aromatic ring is 1. The SMILES string of the molecule is CC(C)C1CCCN1c1nnc(N)o1. The van der Waals surface area contributed by atoms with E-state index >= 15 is 0 Å². The molecule has 1 aromatic rings. The predicted molar refractivity (Wildman–Crippen MR) is 53.9 cm³/mol. The molecule has 1 aromatic heterocycles. The minimum atomic E-state index is 0.148. The Hall–Kier alpha value is -1.26. The molecule has 1 atom stereocenters. The van der Waals surface area contributed by atoms with Crippen molar-refractivity contribution in [3.05, 3.63) is 0 Å². The van der Waals surface area contributed by atoms with E-state index in [1.807, 2.05) is 0 Å². The molecule has 5 heteroatoms. The Morgan fingerprint density at radius 3 is 2.86 bits per heavy atom. The molecule has 2 heterocycles. The van der Waals surface area contributed by atoms with E-state index in [-0.39, 0.29) is 6.01 Å². The summed E-state index contributed by atoms with van der Waals surface area (Å²) >= 11 is 0. The first-order chi connectivity index (χ1) is 6.68. The quantitative estimate of drug-likeness (QED) is 0.771. The van der Waals surface area contributed by atoms with Crippen molar-refractivity contribution >= 4 is 12.0 Å². The third-order valence-corrected chi connectivity index (χ3v) is 2.74. The van der Waals surface area contributed by atoms with Crippen molar-refractivity contribution < 1.29 is 4.42 Å². The van der Waals surface area contributed by atoms with Gasteiger partial charge in [0.05, 0.1) is 0 Å². The van der Waals surface area contributed by atoms with Gasteiger partial charge in [-0.15, -0.1) is 0 Å². The topological polar surface area (TPSA) is 68.2 Å². The van der Waals surface area contributed by atoms with Crippen molar-refractivity contribution in [1.82, 2.24) is 10.2 Å². The molecular formula is C9H16N4O. The van der Waals surface area contributed by atoms with Crippen LogP contribution in [0.15, 0.2) is 4.42 Å². The normalized spacial score (nSPS) is 22.2. The fourth-order valence-electron chi connectivity index (χ4n) is 2.07. The van der Waals surface area contributed by atoms with Crippen LogP contribution in [0.3, 0.4) is 0 Å². The van der Waals surface area contributed by atoms with Gasteiger partial charge >= 0.3 is 12.0 Å². The molecule has 0 amide bonds. The van der Waals surface area contributed by atoms with E-state index in [2.05, 4.69) is 28.9 Å². The summed E-state index contributed by atoms with van der Waals surface area (Å²) < 4.78 is 5.23. The molecule has 0 aromatic carbocycles. The van der Waals surface area contributed by atoms with Gasteiger partial charge in [-0.05, 0) is 18.8 Å². The molecule has 0 saturated carbocycles. The third kappa shape index (κ3) is 1.54. The summed E-state index contributed by atoms with van der Waals surface area (Å²) in [6, 6.07) is 1.22. The molecule has 0 spiro atoms. The van der Waals surface area contributed by atoms with Crippen molar-refractivity contribution in [2.75, 3.05) is 17.2 Å². The molecule has 1 aliphatic heterocycles. The Morgan fingerprint density at radius 2 is 2.29 bits per heavy atom. The van der Waals surface area contributed by atoms with Gasteiger partial charge in [-0.2, -0.15) is 0 Å². The standard InChI is InChI=1S/C9H16N4O/c1-6(2)7-4-3-5-13(7)9-12-11-8(10)14-9/h6-7H,3-5H2,1-2H3,(H2,10,11). The minimum Gasteiger partial charge on any atom is -0.390 e. The van der Waals surface area contributed by atoms with Crippen molar-refractivity contribution in [3.63, 3.8) is 0 Å². The molecule has 2 rings (SSSR count). The lowest BCUT2D eigenvalue weighted by Crippen LogP contribution is -2.33. The molecule has 1 aliphatic rings. The van der Waals surface area contributed by atoms with Crippen LogP contribution in [0.2, 0.25) is 0 Å². The molecule has 1 fully saturated rings. The van der Waals surface area contributed by atoms with E-state index in [4.69, 9.17) is 10.2 Å². The summed E-state index contributed by atoms with van der Waals surface area (Å²) in [5, 5.41) is 7.59. The van der Waals surface area contributed by atoms with Gasteiger partial charge in [-0.3, -0.25) is 0 Å². The van der Waals surface area contributed by atoms with Crippen molar-refractivity contribution in [3.8, 4) is 0 Å². The number of hydrogen-bond acceptors (Lipinski definition) is 5. The molecule has 2 N–H and O–H groups in total. The zero-order chi connectivity index (χ0) is 10.1. The first-order valence-corrected chi connectivity index (χ1v) is 5.04. The van der Waals surface area contributed by atoms with E-state index in [9.17, 15) is 0 Å². The average Bonchev–Trinajstić information content (AvgIpc) is 2.70. The molecule has 0 radical (unpaired) electrons. The second-order valence-electron chi connectivity index (χ2n) is 4.07. The number of aromatic nitrogens is 2. The zero-order valence-corrected chi connectivity index (χ0v) is 8.60. The fraction of sp³-hybridized carbons (Fsp3) is 0.778. The third-order valence-electron chi connectivity index (χ3n) is 2.74. The molecule has 5 nitrogen and oxygen atoms in total. The van der Waals surface area contributed by atoms with Gasteiger partial charge in [0.1, 0.15) is 0 Å². The van der Waals surface area contributed by atoms with Gasteiger partial charge in [-0.25, -0.2) is 0 Å². The smallest absolute Gasteiger partial charge is 0.319 e. The number of rotatable bonds is 2. The van der Waals surface area contributed by atoms with Crippen LogP contribution in [0.1, 0.15) is 26.7 Å². The average molecular weight is 196 g/mol. The molecule has 1 unspecified atom stereocenters. The van der Waals surface area contributed by atoms with Crippen LogP contribution < -0.4 is 10.6 Å². The van der Waals surface area contributed by atoms with Crippen molar-refractivity contribution in [2.24, 2.45) is 5.92 Å². The van der Waals surface area contributed by atoms with E-state index in [0.717, 1.165) is 6.54 Å². The monoisotopic (exact) mass is 196 g/mol. The van der Waals surface area contributed by atoms with Gasteiger partial charge < -0.3 is 15.1 Å². The van der Waals surface area contributed by atoms with Crippen LogP contribution in [-0.4, -0.2) is 22.8 Å². The number of nitrogens with two attached hydrogens (primary N) is 1. The van der Waals surface area contributed by atoms with Crippen LogP contribution in [-0.2, 0) is 0 Å². The van der Waals surface area contributed by atoms with E-state index in [1.165, 1.54) is 12.8 Å². The highest BCUT2D eigenvalue weighted by Gasteiger charge is 2.30. The van der Waals surface area contributed by atoms with Crippen LogP contribution in [0.25, 0.3) is 0 Å². The maximum atomic E-state index is 5.40. The minimum absolute atomic E-state index is 0.148. The highest BCUT2D eigenvalue weighted by atomic mass is 16.4. The maximum absolute atomic E-state index is 5.40. The van der Waals surface area contributed by atoms with E-state index in [0.29, 0.717) is 18.0 Å². The molecule has 78 valence electrons. The molecule has 0 aliphatic carbocycles. The summed E-state index contributed by atoms with van der Waals surface area (Å²) in [6.07, 6.45) is 2.38. The fourth-order valence-corrected chi connectivity index (χ4v) is 2.07. The first-order valence-electron chi connectivity index (χ1n) is 5.04. The lowest BCUT2D eigenvalue weighted by atomic mass is 10.0. The predicted octanol–water partition coefficient (Wildman–Crippen LogP) is 1.28. The zero-order valence-electron chi connectivity index (χ0n) is 8.60. The van der Waals surface area contributed by atoms with Gasteiger partial charge in [-0.1, -0.05) is 24.0 Å². The summed E-state index contributed by atoms with van der Waals surface area (Å²) in [7, 11) is 0. The molecular weight excluding hydrogens is 180 g/mol. The van der Waals surface area contributed by atoms with Gasteiger partial charge in [0.2, 0.25) is 0 Å². The number of hydrogen-bond donors (Lipinski definition) is 1. The van der Waals surface area contributed by atoms with Gasteiger partial charge in [0.15, 0.2) is 0 Å². The highest BCUT2D eigenvalue weighted by Crippen LogP contribution is 2.28. The Morgan fingerprint density at radius 1 is 1.50 bits per heavy atom. The second kappa shape index (κ2) is 3.48. The maximum Gasteiger partial charge on any atom is 0.319 e. The molecule has 1 saturated heterocycles. The highest BCUT2D eigenvalue weighted by molar-refractivity contribution is 5.31. The van der Waals surface area contributed by atoms with Gasteiger partial charge in [0.25, 0.3) is 0 Å². The molecule has 0 bridgehead atoms. The van der Waals surface area contributed by atoms with Crippen LogP contribution in [0, 0.1) is 5.92 Å². The number of anilines is 2. The summed E-state index contributed by atoms with van der Waals surface area (Å²) in [5.41, 5.74) is 5.40. The van der Waals surface area contributed by atoms with Gasteiger partial charge in [0, 0.05) is 12.6 Å².